The molecule has 1 unspecified atom stereocenters. The largest absolute Gasteiger partial charge is 0.398 e. The fraction of sp³-hybridized carbons (Fsp3) is 0.364. The number of hydrogen-bond donors (Lipinski definition) is 2. The van der Waals surface area contributed by atoms with E-state index < -0.39 is 17.9 Å². The highest BCUT2D eigenvalue weighted by Crippen LogP contribution is 2.49. The zero-order chi connectivity index (χ0) is 20.8. The summed E-state index contributed by atoms with van der Waals surface area (Å²) in [5.74, 6) is -3.03. The standard InChI is InChI=1S/C22H23F2N3OS/c1-12(2)26-11-15-7-13(3-5-17(15)25)18-6-4-14-8-19(29-21(14)27-18)20(28)16-9-22(23,24)10-16/h3-8,11-12,16,20,28H,9-10,25H2,1-2H3. The van der Waals surface area contributed by atoms with Crippen LogP contribution in [0, 0.1) is 5.92 Å². The van der Waals surface area contributed by atoms with E-state index in [4.69, 9.17) is 10.7 Å². The Morgan fingerprint density at radius 2 is 2.00 bits per heavy atom. The van der Waals surface area contributed by atoms with Crippen LogP contribution in [0.3, 0.4) is 0 Å². The molecule has 0 spiro atoms. The van der Waals surface area contributed by atoms with Gasteiger partial charge in [-0.25, -0.2) is 13.8 Å². The van der Waals surface area contributed by atoms with Crippen molar-refractivity contribution >= 4 is 33.5 Å². The van der Waals surface area contributed by atoms with Crippen molar-refractivity contribution in [1.29, 1.82) is 0 Å². The quantitative estimate of drug-likeness (QED) is 0.430. The Morgan fingerprint density at radius 3 is 2.69 bits per heavy atom. The van der Waals surface area contributed by atoms with Crippen molar-refractivity contribution in [3.63, 3.8) is 0 Å². The summed E-state index contributed by atoms with van der Waals surface area (Å²) in [6, 6.07) is 11.6. The van der Waals surface area contributed by atoms with E-state index >= 15 is 0 Å². The molecule has 1 atom stereocenters. The zero-order valence-electron chi connectivity index (χ0n) is 16.3. The second kappa shape index (κ2) is 7.46. The normalized spacial score (nSPS) is 17.9. The Kier molecular flexibility index (Phi) is 5.12. The van der Waals surface area contributed by atoms with Crippen molar-refractivity contribution in [2.24, 2.45) is 10.9 Å². The molecule has 29 heavy (non-hydrogen) atoms. The van der Waals surface area contributed by atoms with Crippen LogP contribution in [-0.4, -0.2) is 28.3 Å². The highest BCUT2D eigenvalue weighted by Gasteiger charge is 2.48. The summed E-state index contributed by atoms with van der Waals surface area (Å²) in [6.07, 6.45) is 0.392. The van der Waals surface area contributed by atoms with Gasteiger partial charge in [-0.05, 0) is 44.2 Å². The van der Waals surface area contributed by atoms with Gasteiger partial charge >= 0.3 is 0 Å². The number of alkyl halides is 2. The lowest BCUT2D eigenvalue weighted by Crippen LogP contribution is -2.38. The molecule has 0 saturated heterocycles. The minimum atomic E-state index is -2.64. The molecular formula is C22H23F2N3OS. The summed E-state index contributed by atoms with van der Waals surface area (Å²) in [6.45, 7) is 4.00. The number of aliphatic imine (C=N–C) groups is 1. The number of aliphatic hydroxyl groups is 1. The number of pyridine rings is 1. The predicted molar refractivity (Wildman–Crippen MR) is 115 cm³/mol. The van der Waals surface area contributed by atoms with Crippen molar-refractivity contribution in [2.45, 2.75) is 44.8 Å². The SMILES string of the molecule is CC(C)N=Cc1cc(-c2ccc3cc(C(O)C4CC(F)(F)C4)sc3n2)ccc1N. The Labute approximate surface area is 172 Å². The molecule has 0 amide bonds. The number of anilines is 1. The van der Waals surface area contributed by atoms with Gasteiger partial charge < -0.3 is 10.8 Å². The van der Waals surface area contributed by atoms with Crippen molar-refractivity contribution in [1.82, 2.24) is 4.98 Å². The summed E-state index contributed by atoms with van der Waals surface area (Å²) in [4.78, 5) is 10.6. The van der Waals surface area contributed by atoms with Crippen LogP contribution in [-0.2, 0) is 0 Å². The molecule has 1 fully saturated rings. The van der Waals surface area contributed by atoms with Gasteiger partial charge in [-0.15, -0.1) is 11.3 Å². The summed E-state index contributed by atoms with van der Waals surface area (Å²) in [5.41, 5.74) is 9.25. The van der Waals surface area contributed by atoms with Crippen molar-refractivity contribution in [3.05, 3.63) is 46.8 Å². The summed E-state index contributed by atoms with van der Waals surface area (Å²) in [7, 11) is 0. The lowest BCUT2D eigenvalue weighted by atomic mass is 9.77. The van der Waals surface area contributed by atoms with E-state index in [1.165, 1.54) is 11.3 Å². The number of nitrogens with zero attached hydrogens (tertiary/aromatic N) is 2. The van der Waals surface area contributed by atoms with Gasteiger partial charge in [0, 0.05) is 58.1 Å². The third-order valence-corrected chi connectivity index (χ3v) is 6.27. The summed E-state index contributed by atoms with van der Waals surface area (Å²) >= 11 is 1.36. The molecular weight excluding hydrogens is 392 g/mol. The molecule has 1 aromatic carbocycles. The van der Waals surface area contributed by atoms with Gasteiger partial charge in [0.05, 0.1) is 11.8 Å². The van der Waals surface area contributed by atoms with Crippen LogP contribution in [0.1, 0.15) is 43.2 Å². The van der Waals surface area contributed by atoms with E-state index in [0.717, 1.165) is 27.0 Å². The van der Waals surface area contributed by atoms with Gasteiger partial charge in [0.1, 0.15) is 4.83 Å². The number of fused-ring (bicyclic) bond motifs is 1. The van der Waals surface area contributed by atoms with E-state index in [0.29, 0.717) is 10.6 Å². The smallest absolute Gasteiger partial charge is 0.248 e. The molecule has 1 aliphatic rings. The van der Waals surface area contributed by atoms with Gasteiger partial charge in [-0.3, -0.25) is 4.99 Å². The monoisotopic (exact) mass is 415 g/mol. The third-order valence-electron chi connectivity index (χ3n) is 5.16. The number of hydrogen-bond acceptors (Lipinski definition) is 5. The number of thiophene rings is 1. The number of nitrogens with two attached hydrogens (primary N) is 1. The molecule has 1 saturated carbocycles. The number of halogens is 2. The molecule has 2 aromatic heterocycles. The van der Waals surface area contributed by atoms with E-state index in [9.17, 15) is 13.9 Å². The van der Waals surface area contributed by atoms with E-state index in [2.05, 4.69) is 4.99 Å². The number of aliphatic hydroxyl groups excluding tert-OH is 1. The predicted octanol–water partition coefficient (Wildman–Crippen LogP) is 5.45. The highest BCUT2D eigenvalue weighted by atomic mass is 32.1. The van der Waals surface area contributed by atoms with E-state index in [-0.39, 0.29) is 18.9 Å². The van der Waals surface area contributed by atoms with Crippen molar-refractivity contribution in [3.8, 4) is 11.3 Å². The first kappa shape index (κ1) is 19.9. The van der Waals surface area contributed by atoms with Gasteiger partial charge in [0.25, 0.3) is 0 Å². The Hall–Kier alpha value is -2.38. The van der Waals surface area contributed by atoms with Crippen molar-refractivity contribution < 1.29 is 13.9 Å². The van der Waals surface area contributed by atoms with Gasteiger partial charge in [0.2, 0.25) is 5.92 Å². The molecule has 4 rings (SSSR count). The van der Waals surface area contributed by atoms with Crippen LogP contribution in [0.4, 0.5) is 14.5 Å². The van der Waals surface area contributed by atoms with Crippen LogP contribution in [0.2, 0.25) is 0 Å². The van der Waals surface area contributed by atoms with Crippen LogP contribution in [0.25, 0.3) is 21.5 Å². The fourth-order valence-electron chi connectivity index (χ4n) is 3.48. The first-order chi connectivity index (χ1) is 13.7. The number of benzene rings is 1. The van der Waals surface area contributed by atoms with Gasteiger partial charge in [0.15, 0.2) is 0 Å². The first-order valence-electron chi connectivity index (χ1n) is 9.61. The first-order valence-corrected chi connectivity index (χ1v) is 10.4. The molecule has 152 valence electrons. The Morgan fingerprint density at radius 1 is 1.24 bits per heavy atom. The fourth-order valence-corrected chi connectivity index (χ4v) is 4.59. The zero-order valence-corrected chi connectivity index (χ0v) is 17.1. The summed E-state index contributed by atoms with van der Waals surface area (Å²) in [5, 5.41) is 11.4. The molecule has 3 N–H and O–H groups in total. The highest BCUT2D eigenvalue weighted by molar-refractivity contribution is 7.18. The third kappa shape index (κ3) is 4.16. The van der Waals surface area contributed by atoms with Crippen LogP contribution in [0.5, 0.6) is 0 Å². The molecule has 3 aromatic rings. The maximum atomic E-state index is 13.1. The Balaban J connectivity index is 1.62. The minimum absolute atomic E-state index is 0.180. The minimum Gasteiger partial charge on any atom is -0.398 e. The molecule has 0 aliphatic heterocycles. The van der Waals surface area contributed by atoms with Crippen LogP contribution < -0.4 is 5.73 Å². The average Bonchev–Trinajstić information content (AvgIpc) is 3.08. The summed E-state index contributed by atoms with van der Waals surface area (Å²) < 4.78 is 26.3. The topological polar surface area (TPSA) is 71.5 Å². The second-order valence-electron chi connectivity index (χ2n) is 7.92. The molecule has 0 radical (unpaired) electrons. The average molecular weight is 416 g/mol. The molecule has 7 heteroatoms. The maximum absolute atomic E-state index is 13.1. The van der Waals surface area contributed by atoms with E-state index in [1.807, 2.05) is 50.2 Å². The Bertz CT molecular complexity index is 1070. The second-order valence-corrected chi connectivity index (χ2v) is 8.99. The number of rotatable bonds is 5. The number of aromatic nitrogens is 1. The number of nitrogen functional groups attached to an aromatic ring is 1. The van der Waals surface area contributed by atoms with Crippen molar-refractivity contribution in [2.75, 3.05) is 5.73 Å². The molecule has 0 bridgehead atoms. The lowest BCUT2D eigenvalue weighted by molar-refractivity contribution is -0.141. The van der Waals surface area contributed by atoms with Crippen LogP contribution >= 0.6 is 11.3 Å². The van der Waals surface area contributed by atoms with Crippen LogP contribution in [0.15, 0.2) is 41.4 Å². The molecule has 2 heterocycles. The lowest BCUT2D eigenvalue weighted by Gasteiger charge is -2.37. The molecule has 1 aliphatic carbocycles. The van der Waals surface area contributed by atoms with Gasteiger partial charge in [-0.2, -0.15) is 0 Å². The maximum Gasteiger partial charge on any atom is 0.248 e. The van der Waals surface area contributed by atoms with Gasteiger partial charge in [-0.1, -0.05) is 6.07 Å². The molecule has 4 nitrogen and oxygen atoms in total. The van der Waals surface area contributed by atoms with E-state index in [1.54, 1.807) is 6.21 Å².